The molecule has 0 saturated heterocycles. The number of pyridine rings is 1. The second kappa shape index (κ2) is 5.92. The SMILES string of the molecule is C[C@H](OC(=O)c1cc2c([nH]c1=O)CCC(C)(C)C2)c1nccs1. The predicted molar refractivity (Wildman–Crippen MR) is 88.8 cm³/mol. The molecule has 23 heavy (non-hydrogen) atoms. The van der Waals surface area contributed by atoms with E-state index < -0.39 is 12.1 Å². The standard InChI is InChI=1S/C17H20N2O3S/c1-10(15-18-6-7-23-15)22-16(21)12-8-11-9-17(2,3)5-4-13(11)19-14(12)20/h6-8,10H,4-5,9H2,1-3H3,(H,19,20)/t10-/m0/s1. The van der Waals surface area contributed by atoms with Gasteiger partial charge < -0.3 is 9.72 Å². The molecule has 0 fully saturated rings. The maximum atomic E-state index is 12.4. The number of rotatable bonds is 3. The molecule has 2 heterocycles. The Balaban J connectivity index is 1.85. The number of aromatic amines is 1. The van der Waals surface area contributed by atoms with E-state index in [0.717, 1.165) is 30.5 Å². The highest BCUT2D eigenvalue weighted by Gasteiger charge is 2.28. The molecule has 0 aliphatic heterocycles. The molecule has 2 aromatic heterocycles. The summed E-state index contributed by atoms with van der Waals surface area (Å²) in [5.41, 5.74) is 1.86. The Morgan fingerprint density at radius 1 is 1.48 bits per heavy atom. The predicted octanol–water partition coefficient (Wildman–Crippen LogP) is 3.26. The molecule has 1 aliphatic rings. The minimum absolute atomic E-state index is 0.0739. The molecule has 0 aromatic carbocycles. The van der Waals surface area contributed by atoms with Gasteiger partial charge in [-0.25, -0.2) is 9.78 Å². The van der Waals surface area contributed by atoms with Crippen molar-refractivity contribution in [2.24, 2.45) is 5.41 Å². The average molecular weight is 332 g/mol. The highest BCUT2D eigenvalue weighted by Crippen LogP contribution is 2.33. The van der Waals surface area contributed by atoms with E-state index in [4.69, 9.17) is 4.74 Å². The number of carbonyl (C=O) groups is 1. The second-order valence-electron chi connectivity index (χ2n) is 6.77. The van der Waals surface area contributed by atoms with Gasteiger partial charge in [0.05, 0.1) is 0 Å². The van der Waals surface area contributed by atoms with Crippen LogP contribution in [0.4, 0.5) is 0 Å². The minimum Gasteiger partial charge on any atom is -0.452 e. The van der Waals surface area contributed by atoms with Gasteiger partial charge in [0.1, 0.15) is 10.6 Å². The molecule has 2 aromatic rings. The van der Waals surface area contributed by atoms with Gasteiger partial charge >= 0.3 is 5.97 Å². The Morgan fingerprint density at radius 2 is 2.26 bits per heavy atom. The molecule has 3 rings (SSSR count). The second-order valence-corrected chi connectivity index (χ2v) is 7.70. The Morgan fingerprint density at radius 3 is 2.96 bits per heavy atom. The topological polar surface area (TPSA) is 72.1 Å². The van der Waals surface area contributed by atoms with Crippen molar-refractivity contribution < 1.29 is 9.53 Å². The molecule has 1 aliphatic carbocycles. The van der Waals surface area contributed by atoms with E-state index in [1.807, 2.05) is 5.38 Å². The van der Waals surface area contributed by atoms with E-state index >= 15 is 0 Å². The monoisotopic (exact) mass is 332 g/mol. The zero-order chi connectivity index (χ0) is 16.6. The first-order chi connectivity index (χ1) is 10.9. The van der Waals surface area contributed by atoms with Gasteiger partial charge in [-0.1, -0.05) is 13.8 Å². The summed E-state index contributed by atoms with van der Waals surface area (Å²) in [6.45, 7) is 6.15. The van der Waals surface area contributed by atoms with E-state index in [9.17, 15) is 9.59 Å². The maximum Gasteiger partial charge on any atom is 0.344 e. The molecule has 5 nitrogen and oxygen atoms in total. The van der Waals surface area contributed by atoms with Crippen molar-refractivity contribution in [1.29, 1.82) is 0 Å². The Labute approximate surface area is 138 Å². The third-order valence-electron chi connectivity index (χ3n) is 4.24. The molecule has 0 bridgehead atoms. The summed E-state index contributed by atoms with van der Waals surface area (Å²) in [7, 11) is 0. The van der Waals surface area contributed by atoms with Gasteiger partial charge in [0.2, 0.25) is 0 Å². The fourth-order valence-electron chi connectivity index (χ4n) is 2.92. The fourth-order valence-corrected chi connectivity index (χ4v) is 3.54. The van der Waals surface area contributed by atoms with E-state index in [1.165, 1.54) is 11.3 Å². The number of aryl methyl sites for hydroxylation is 1. The Bertz CT molecular complexity index is 778. The summed E-state index contributed by atoms with van der Waals surface area (Å²) in [4.78, 5) is 31.5. The van der Waals surface area contributed by atoms with Crippen molar-refractivity contribution >= 4 is 17.3 Å². The number of nitrogens with zero attached hydrogens (tertiary/aromatic N) is 1. The molecule has 0 radical (unpaired) electrons. The van der Waals surface area contributed by atoms with Crippen LogP contribution in [0.1, 0.15) is 59.9 Å². The van der Waals surface area contributed by atoms with Crippen LogP contribution in [-0.4, -0.2) is 15.9 Å². The molecule has 1 N–H and O–H groups in total. The Hall–Kier alpha value is -1.95. The number of fused-ring (bicyclic) bond motifs is 1. The summed E-state index contributed by atoms with van der Waals surface area (Å²) in [6, 6.07) is 1.70. The van der Waals surface area contributed by atoms with Crippen molar-refractivity contribution in [3.8, 4) is 0 Å². The number of carbonyl (C=O) groups excluding carboxylic acids is 1. The van der Waals surface area contributed by atoms with Gasteiger partial charge in [0.25, 0.3) is 5.56 Å². The summed E-state index contributed by atoms with van der Waals surface area (Å²) < 4.78 is 5.39. The molecule has 0 spiro atoms. The van der Waals surface area contributed by atoms with E-state index in [-0.39, 0.29) is 16.5 Å². The van der Waals surface area contributed by atoms with Gasteiger partial charge in [0.15, 0.2) is 6.10 Å². The van der Waals surface area contributed by atoms with E-state index in [0.29, 0.717) is 5.01 Å². The molecule has 122 valence electrons. The van der Waals surface area contributed by atoms with Crippen LogP contribution in [0.25, 0.3) is 0 Å². The van der Waals surface area contributed by atoms with Crippen LogP contribution in [0.15, 0.2) is 22.4 Å². The number of H-pyrrole nitrogens is 1. The Kier molecular flexibility index (Phi) is 4.10. The van der Waals surface area contributed by atoms with Crippen LogP contribution in [0, 0.1) is 5.41 Å². The van der Waals surface area contributed by atoms with Gasteiger partial charge in [-0.05, 0) is 43.2 Å². The summed E-state index contributed by atoms with van der Waals surface area (Å²) in [5, 5.41) is 2.54. The largest absolute Gasteiger partial charge is 0.452 e. The molecule has 0 unspecified atom stereocenters. The quantitative estimate of drug-likeness (QED) is 0.876. The van der Waals surface area contributed by atoms with Crippen molar-refractivity contribution in [1.82, 2.24) is 9.97 Å². The number of nitrogens with one attached hydrogen (secondary N) is 1. The lowest BCUT2D eigenvalue weighted by molar-refractivity contribution is 0.0335. The summed E-state index contributed by atoms with van der Waals surface area (Å²) >= 11 is 1.42. The van der Waals surface area contributed by atoms with Crippen molar-refractivity contribution in [2.45, 2.75) is 46.1 Å². The van der Waals surface area contributed by atoms with E-state index in [1.54, 1.807) is 19.2 Å². The van der Waals surface area contributed by atoms with Gasteiger partial charge in [-0.3, -0.25) is 4.79 Å². The number of aromatic nitrogens is 2. The first-order valence-electron chi connectivity index (χ1n) is 7.71. The zero-order valence-electron chi connectivity index (χ0n) is 13.5. The average Bonchev–Trinajstić information content (AvgIpc) is 3.00. The number of hydrogen-bond acceptors (Lipinski definition) is 5. The van der Waals surface area contributed by atoms with Gasteiger partial charge in [-0.15, -0.1) is 11.3 Å². The van der Waals surface area contributed by atoms with Crippen LogP contribution >= 0.6 is 11.3 Å². The van der Waals surface area contributed by atoms with Crippen LogP contribution in [-0.2, 0) is 17.6 Å². The van der Waals surface area contributed by atoms with Crippen LogP contribution in [0.2, 0.25) is 0 Å². The molecular formula is C17H20N2O3S. The van der Waals surface area contributed by atoms with Gasteiger partial charge in [-0.2, -0.15) is 0 Å². The van der Waals surface area contributed by atoms with E-state index in [2.05, 4.69) is 23.8 Å². The molecule has 6 heteroatoms. The number of hydrogen-bond donors (Lipinski definition) is 1. The summed E-state index contributed by atoms with van der Waals surface area (Å²) in [6.07, 6.45) is 3.91. The molecule has 0 amide bonds. The zero-order valence-corrected chi connectivity index (χ0v) is 14.3. The first kappa shape index (κ1) is 15.9. The minimum atomic E-state index is -0.597. The molecule has 1 atom stereocenters. The third-order valence-corrected chi connectivity index (χ3v) is 5.18. The van der Waals surface area contributed by atoms with Crippen molar-refractivity contribution in [3.05, 3.63) is 49.8 Å². The number of esters is 1. The molecule has 0 saturated carbocycles. The number of thiazole rings is 1. The molecular weight excluding hydrogens is 312 g/mol. The van der Waals surface area contributed by atoms with Gasteiger partial charge in [0, 0.05) is 17.3 Å². The first-order valence-corrected chi connectivity index (χ1v) is 8.59. The lowest BCUT2D eigenvalue weighted by Gasteiger charge is -2.31. The highest BCUT2D eigenvalue weighted by molar-refractivity contribution is 7.09. The normalized spacial score (nSPS) is 17.3. The van der Waals surface area contributed by atoms with Crippen LogP contribution in [0.3, 0.4) is 0 Å². The lowest BCUT2D eigenvalue weighted by Crippen LogP contribution is -2.28. The highest BCUT2D eigenvalue weighted by atomic mass is 32.1. The summed E-state index contributed by atoms with van der Waals surface area (Å²) in [5.74, 6) is -0.597. The fraction of sp³-hybridized carbons (Fsp3) is 0.471. The van der Waals surface area contributed by atoms with Crippen LogP contribution in [0.5, 0.6) is 0 Å². The van der Waals surface area contributed by atoms with Crippen molar-refractivity contribution in [3.63, 3.8) is 0 Å². The number of ether oxygens (including phenoxy) is 1. The lowest BCUT2D eigenvalue weighted by atomic mass is 9.76. The third kappa shape index (κ3) is 3.37. The van der Waals surface area contributed by atoms with Crippen LogP contribution < -0.4 is 5.56 Å². The maximum absolute atomic E-state index is 12.4. The van der Waals surface area contributed by atoms with Crippen molar-refractivity contribution in [2.75, 3.05) is 0 Å². The smallest absolute Gasteiger partial charge is 0.344 e.